The molecule has 0 amide bonds. The van der Waals surface area contributed by atoms with Gasteiger partial charge in [0.05, 0.1) is 0 Å². The van der Waals surface area contributed by atoms with Crippen LogP contribution in [-0.2, 0) is 6.54 Å². The van der Waals surface area contributed by atoms with Crippen LogP contribution in [0.4, 0.5) is 0 Å². The summed E-state index contributed by atoms with van der Waals surface area (Å²) >= 11 is 0. The molecule has 0 atom stereocenters. The van der Waals surface area contributed by atoms with Crippen LogP contribution in [0.5, 0.6) is 11.5 Å². The summed E-state index contributed by atoms with van der Waals surface area (Å²) in [6.07, 6.45) is 3.96. The first kappa shape index (κ1) is 11.8. The van der Waals surface area contributed by atoms with Crippen LogP contribution in [0, 0.1) is 0 Å². The molecule has 0 aromatic heterocycles. The van der Waals surface area contributed by atoms with Gasteiger partial charge in [-0.1, -0.05) is 12.5 Å². The number of fused-ring (bicyclic) bond motifs is 1. The number of piperidine rings is 1. The first-order valence-corrected chi connectivity index (χ1v) is 6.79. The van der Waals surface area contributed by atoms with Crippen molar-refractivity contribution < 1.29 is 9.47 Å². The molecule has 0 unspecified atom stereocenters. The van der Waals surface area contributed by atoms with E-state index in [2.05, 4.69) is 22.6 Å². The van der Waals surface area contributed by atoms with Crippen molar-refractivity contribution in [1.29, 1.82) is 0 Å². The van der Waals surface area contributed by atoms with Crippen molar-refractivity contribution >= 4 is 0 Å². The summed E-state index contributed by atoms with van der Waals surface area (Å²) in [5.74, 6) is 1.74. The highest BCUT2D eigenvalue weighted by Gasteiger charge is 2.13. The van der Waals surface area contributed by atoms with E-state index < -0.39 is 0 Å². The first-order chi connectivity index (χ1) is 8.92. The number of hydrazine groups is 1. The Morgan fingerprint density at radius 1 is 1.00 bits per heavy atom. The standard InChI is InChI=1S/C14H20N2O2/c1-2-6-16(7-3-1)15-11-12-4-5-13-14(10-12)18-9-8-17-13/h4-5,10,15H,1-3,6-9,11H2. The third-order valence-corrected chi connectivity index (χ3v) is 3.47. The normalized spacial score (nSPS) is 19.8. The second-order valence-electron chi connectivity index (χ2n) is 4.86. The molecule has 4 nitrogen and oxygen atoms in total. The molecule has 98 valence electrons. The van der Waals surface area contributed by atoms with Gasteiger partial charge in [0.1, 0.15) is 13.2 Å². The molecule has 1 N–H and O–H groups in total. The van der Waals surface area contributed by atoms with E-state index in [-0.39, 0.29) is 0 Å². The molecule has 4 heteroatoms. The topological polar surface area (TPSA) is 33.7 Å². The molecule has 3 rings (SSSR count). The Bertz CT molecular complexity index is 403. The van der Waals surface area contributed by atoms with Crippen molar-refractivity contribution in [3.63, 3.8) is 0 Å². The van der Waals surface area contributed by atoms with E-state index in [1.807, 2.05) is 6.07 Å². The smallest absolute Gasteiger partial charge is 0.161 e. The fraction of sp³-hybridized carbons (Fsp3) is 0.571. The van der Waals surface area contributed by atoms with Crippen LogP contribution in [-0.4, -0.2) is 31.3 Å². The molecule has 1 saturated heterocycles. The summed E-state index contributed by atoms with van der Waals surface area (Å²) in [4.78, 5) is 0. The summed E-state index contributed by atoms with van der Waals surface area (Å²) in [6.45, 7) is 4.47. The summed E-state index contributed by atoms with van der Waals surface area (Å²) in [6, 6.07) is 6.18. The lowest BCUT2D eigenvalue weighted by molar-refractivity contribution is 0.150. The fourth-order valence-electron chi connectivity index (χ4n) is 2.45. The predicted molar refractivity (Wildman–Crippen MR) is 69.7 cm³/mol. The van der Waals surface area contributed by atoms with E-state index in [1.54, 1.807) is 0 Å². The van der Waals surface area contributed by atoms with Gasteiger partial charge in [-0.15, -0.1) is 0 Å². The van der Waals surface area contributed by atoms with Gasteiger partial charge in [0.2, 0.25) is 0 Å². The molecule has 2 aliphatic heterocycles. The lowest BCUT2D eigenvalue weighted by atomic mass is 10.1. The molecule has 1 aromatic rings. The minimum absolute atomic E-state index is 0.649. The van der Waals surface area contributed by atoms with Crippen LogP contribution < -0.4 is 14.9 Å². The van der Waals surface area contributed by atoms with E-state index in [0.29, 0.717) is 13.2 Å². The van der Waals surface area contributed by atoms with Gasteiger partial charge in [-0.3, -0.25) is 5.43 Å². The van der Waals surface area contributed by atoms with Crippen molar-refractivity contribution in [1.82, 2.24) is 10.4 Å². The Labute approximate surface area is 108 Å². The largest absolute Gasteiger partial charge is 0.486 e. The molecular formula is C14H20N2O2. The molecule has 0 spiro atoms. The lowest BCUT2D eigenvalue weighted by Gasteiger charge is -2.27. The molecule has 1 fully saturated rings. The number of hydrogen-bond acceptors (Lipinski definition) is 4. The predicted octanol–water partition coefficient (Wildman–Crippen LogP) is 1.95. The number of hydrogen-bond donors (Lipinski definition) is 1. The molecule has 2 aliphatic rings. The van der Waals surface area contributed by atoms with Gasteiger partial charge in [0.15, 0.2) is 11.5 Å². The third-order valence-electron chi connectivity index (χ3n) is 3.47. The molecule has 0 saturated carbocycles. The number of benzene rings is 1. The fourth-order valence-corrected chi connectivity index (χ4v) is 2.45. The van der Waals surface area contributed by atoms with E-state index in [0.717, 1.165) is 31.1 Å². The molecule has 1 aromatic carbocycles. The van der Waals surface area contributed by atoms with Crippen LogP contribution in [0.3, 0.4) is 0 Å². The zero-order chi connectivity index (χ0) is 12.2. The zero-order valence-corrected chi connectivity index (χ0v) is 10.7. The van der Waals surface area contributed by atoms with E-state index >= 15 is 0 Å². The van der Waals surface area contributed by atoms with Gasteiger partial charge in [-0.25, -0.2) is 5.01 Å². The van der Waals surface area contributed by atoms with E-state index in [1.165, 1.54) is 24.8 Å². The van der Waals surface area contributed by atoms with Gasteiger partial charge < -0.3 is 9.47 Å². The average Bonchev–Trinajstić information content (AvgIpc) is 2.46. The summed E-state index contributed by atoms with van der Waals surface area (Å²) in [5, 5.41) is 2.32. The average molecular weight is 248 g/mol. The summed E-state index contributed by atoms with van der Waals surface area (Å²) in [7, 11) is 0. The number of nitrogens with one attached hydrogen (secondary N) is 1. The Kier molecular flexibility index (Phi) is 3.67. The van der Waals surface area contributed by atoms with Crippen molar-refractivity contribution in [3.8, 4) is 11.5 Å². The zero-order valence-electron chi connectivity index (χ0n) is 10.7. The molecule has 18 heavy (non-hydrogen) atoms. The van der Waals surface area contributed by atoms with Crippen LogP contribution in [0.25, 0.3) is 0 Å². The highest BCUT2D eigenvalue weighted by atomic mass is 16.6. The van der Waals surface area contributed by atoms with Crippen molar-refractivity contribution in [2.75, 3.05) is 26.3 Å². The summed E-state index contributed by atoms with van der Waals surface area (Å²) in [5.41, 5.74) is 4.72. The quantitative estimate of drug-likeness (QED) is 0.886. The highest BCUT2D eigenvalue weighted by Crippen LogP contribution is 2.30. The maximum atomic E-state index is 5.59. The Hall–Kier alpha value is -1.26. The van der Waals surface area contributed by atoms with Gasteiger partial charge in [-0.05, 0) is 30.5 Å². The second-order valence-corrected chi connectivity index (χ2v) is 4.86. The Morgan fingerprint density at radius 2 is 1.78 bits per heavy atom. The van der Waals surface area contributed by atoms with E-state index in [9.17, 15) is 0 Å². The minimum Gasteiger partial charge on any atom is -0.486 e. The molecule has 0 aliphatic carbocycles. The highest BCUT2D eigenvalue weighted by molar-refractivity contribution is 5.43. The third kappa shape index (κ3) is 2.76. The lowest BCUT2D eigenvalue weighted by Crippen LogP contribution is -2.41. The van der Waals surface area contributed by atoms with Crippen molar-refractivity contribution in [3.05, 3.63) is 23.8 Å². The summed E-state index contributed by atoms with van der Waals surface area (Å²) < 4.78 is 11.1. The Balaban J connectivity index is 1.58. The van der Waals surface area contributed by atoms with Crippen molar-refractivity contribution in [2.45, 2.75) is 25.8 Å². The first-order valence-electron chi connectivity index (χ1n) is 6.79. The van der Waals surface area contributed by atoms with E-state index in [4.69, 9.17) is 9.47 Å². The van der Waals surface area contributed by atoms with Crippen LogP contribution in [0.2, 0.25) is 0 Å². The molecule has 2 heterocycles. The van der Waals surface area contributed by atoms with Crippen LogP contribution >= 0.6 is 0 Å². The van der Waals surface area contributed by atoms with Crippen molar-refractivity contribution in [2.24, 2.45) is 0 Å². The molecular weight excluding hydrogens is 228 g/mol. The minimum atomic E-state index is 0.649. The van der Waals surface area contributed by atoms with Crippen LogP contribution in [0.15, 0.2) is 18.2 Å². The number of rotatable bonds is 3. The molecule has 0 bridgehead atoms. The number of nitrogens with zero attached hydrogens (tertiary/aromatic N) is 1. The monoisotopic (exact) mass is 248 g/mol. The van der Waals surface area contributed by atoms with Gasteiger partial charge in [0, 0.05) is 19.6 Å². The second kappa shape index (κ2) is 5.59. The van der Waals surface area contributed by atoms with Gasteiger partial charge >= 0.3 is 0 Å². The van der Waals surface area contributed by atoms with Gasteiger partial charge in [-0.2, -0.15) is 0 Å². The van der Waals surface area contributed by atoms with Crippen LogP contribution in [0.1, 0.15) is 24.8 Å². The number of ether oxygens (including phenoxy) is 2. The SMILES string of the molecule is c1cc2c(cc1CNN1CCCCC1)OCCO2. The maximum absolute atomic E-state index is 5.59. The van der Waals surface area contributed by atoms with Gasteiger partial charge in [0.25, 0.3) is 0 Å². The Morgan fingerprint density at radius 3 is 2.61 bits per heavy atom. The molecule has 0 radical (unpaired) electrons. The maximum Gasteiger partial charge on any atom is 0.161 e.